The molecule has 5 heteroatoms. The van der Waals surface area contributed by atoms with Crippen LogP contribution in [0.4, 0.5) is 0 Å². The van der Waals surface area contributed by atoms with E-state index in [1.807, 2.05) is 0 Å². The summed E-state index contributed by atoms with van der Waals surface area (Å²) in [6.45, 7) is 8.35. The van der Waals surface area contributed by atoms with Crippen LogP contribution in [0, 0.1) is 13.8 Å². The van der Waals surface area contributed by atoms with E-state index in [1.165, 1.54) is 0 Å². The molecule has 0 bridgehead atoms. The number of hydrogen-bond donors (Lipinski definition) is 2. The monoisotopic (exact) mass is 252 g/mol. The third-order valence-corrected chi connectivity index (χ3v) is 3.52. The molecular formula is C10H20O3S2. The van der Waals surface area contributed by atoms with Gasteiger partial charge in [-0.15, -0.1) is 0 Å². The first kappa shape index (κ1) is 15.6. The molecule has 0 aliphatic rings. The lowest BCUT2D eigenvalue weighted by Gasteiger charge is -2.06. The van der Waals surface area contributed by atoms with Gasteiger partial charge in [-0.1, -0.05) is 0 Å². The molecule has 2 radical (unpaired) electrons. The number of rotatable bonds is 10. The Hall–Kier alpha value is 0.580. The zero-order valence-corrected chi connectivity index (χ0v) is 10.6. The Kier molecular flexibility index (Phi) is 11.5. The molecule has 0 rings (SSSR count). The van der Waals surface area contributed by atoms with Crippen LogP contribution >= 0.6 is 23.5 Å². The van der Waals surface area contributed by atoms with Gasteiger partial charge in [-0.3, -0.25) is 0 Å². The summed E-state index contributed by atoms with van der Waals surface area (Å²) in [5, 5.41) is 17.7. The van der Waals surface area contributed by atoms with Crippen LogP contribution in [0.1, 0.15) is 0 Å². The number of thioether (sulfide) groups is 2. The number of hydrogen-bond acceptors (Lipinski definition) is 5. The van der Waals surface area contributed by atoms with Gasteiger partial charge in [-0.25, -0.2) is 0 Å². The minimum absolute atomic E-state index is 0.482. The van der Waals surface area contributed by atoms with Crippen LogP contribution in [0.5, 0.6) is 0 Å². The maximum atomic E-state index is 8.87. The first-order chi connectivity index (χ1) is 7.13. The molecule has 0 aromatic heterocycles. The van der Waals surface area contributed by atoms with Crippen LogP contribution in [0.25, 0.3) is 0 Å². The van der Waals surface area contributed by atoms with Crippen molar-refractivity contribution in [2.75, 3.05) is 36.2 Å². The molecular weight excluding hydrogens is 232 g/mol. The van der Waals surface area contributed by atoms with E-state index in [0.717, 1.165) is 11.5 Å². The maximum absolute atomic E-state index is 8.87. The quantitative estimate of drug-likeness (QED) is 0.565. The predicted molar refractivity (Wildman–Crippen MR) is 68.2 cm³/mol. The average molecular weight is 252 g/mol. The number of ether oxygens (including phenoxy) is 1. The SMILES string of the molecule is [CH2]C(O)CSCCOCCSCC([CH2])O. The van der Waals surface area contributed by atoms with Gasteiger partial charge in [0.25, 0.3) is 0 Å². The zero-order valence-electron chi connectivity index (χ0n) is 8.93. The third-order valence-electron chi connectivity index (χ3n) is 1.36. The second-order valence-electron chi connectivity index (χ2n) is 3.07. The Bertz CT molecular complexity index is 118. The summed E-state index contributed by atoms with van der Waals surface area (Å²) in [6.07, 6.45) is -0.965. The van der Waals surface area contributed by atoms with Crippen molar-refractivity contribution >= 4 is 23.5 Å². The lowest BCUT2D eigenvalue weighted by molar-refractivity contribution is 0.167. The highest BCUT2D eigenvalue weighted by Crippen LogP contribution is 2.04. The standard InChI is InChI=1S/C10H20O3S2/c1-9(11)7-14-5-3-13-4-6-15-8-10(2)12/h9-12H,1-8H2. The van der Waals surface area contributed by atoms with Crippen LogP contribution in [0.3, 0.4) is 0 Å². The van der Waals surface area contributed by atoms with Gasteiger partial charge >= 0.3 is 0 Å². The summed E-state index contributed by atoms with van der Waals surface area (Å²) >= 11 is 3.27. The predicted octanol–water partition coefficient (Wildman–Crippen LogP) is 0.859. The first-order valence-corrected chi connectivity index (χ1v) is 7.19. The van der Waals surface area contributed by atoms with Crippen LogP contribution in [-0.2, 0) is 4.74 Å². The summed E-state index contributed by atoms with van der Waals surface area (Å²) in [5.41, 5.74) is 0. The summed E-state index contributed by atoms with van der Waals surface area (Å²) in [6, 6.07) is 0. The third kappa shape index (κ3) is 14.6. The second kappa shape index (κ2) is 11.1. The van der Waals surface area contributed by atoms with Crippen molar-refractivity contribution in [1.82, 2.24) is 0 Å². The van der Waals surface area contributed by atoms with Crippen molar-refractivity contribution in [3.63, 3.8) is 0 Å². The molecule has 2 N–H and O–H groups in total. The van der Waals surface area contributed by atoms with Crippen molar-refractivity contribution in [3.05, 3.63) is 13.8 Å². The molecule has 90 valence electrons. The lowest BCUT2D eigenvalue weighted by atomic mass is 10.5. The average Bonchev–Trinajstić information content (AvgIpc) is 2.14. The molecule has 0 fully saturated rings. The van der Waals surface area contributed by atoms with Crippen LogP contribution in [-0.4, -0.2) is 58.6 Å². The summed E-state index contributed by atoms with van der Waals surface area (Å²) in [7, 11) is 0. The molecule has 2 atom stereocenters. The molecule has 0 saturated carbocycles. The number of aliphatic hydroxyl groups is 2. The summed E-state index contributed by atoms with van der Waals surface area (Å²) in [5.74, 6) is 3.09. The molecule has 0 spiro atoms. The van der Waals surface area contributed by atoms with E-state index in [2.05, 4.69) is 13.8 Å². The highest BCUT2D eigenvalue weighted by molar-refractivity contribution is 7.99. The molecule has 0 aromatic rings. The zero-order chi connectivity index (χ0) is 11.5. The minimum Gasteiger partial charge on any atom is -0.392 e. The van der Waals surface area contributed by atoms with Crippen molar-refractivity contribution in [2.24, 2.45) is 0 Å². The van der Waals surface area contributed by atoms with Crippen molar-refractivity contribution in [3.8, 4) is 0 Å². The van der Waals surface area contributed by atoms with Gasteiger partial charge in [0.2, 0.25) is 0 Å². The van der Waals surface area contributed by atoms with Crippen molar-refractivity contribution < 1.29 is 14.9 Å². The Balaban J connectivity index is 2.93. The van der Waals surface area contributed by atoms with Gasteiger partial charge < -0.3 is 14.9 Å². The molecule has 0 aliphatic heterocycles. The van der Waals surface area contributed by atoms with Gasteiger partial charge in [0.05, 0.1) is 25.4 Å². The van der Waals surface area contributed by atoms with Crippen molar-refractivity contribution in [2.45, 2.75) is 12.2 Å². The first-order valence-electron chi connectivity index (χ1n) is 4.88. The van der Waals surface area contributed by atoms with E-state index in [1.54, 1.807) is 23.5 Å². The highest BCUT2D eigenvalue weighted by atomic mass is 32.2. The molecule has 2 unspecified atom stereocenters. The van der Waals surface area contributed by atoms with E-state index in [-0.39, 0.29) is 0 Å². The van der Waals surface area contributed by atoms with Gasteiger partial charge in [-0.2, -0.15) is 23.5 Å². The van der Waals surface area contributed by atoms with E-state index in [4.69, 9.17) is 14.9 Å². The summed E-state index contributed by atoms with van der Waals surface area (Å²) in [4.78, 5) is 0. The van der Waals surface area contributed by atoms with E-state index in [0.29, 0.717) is 24.7 Å². The fourth-order valence-corrected chi connectivity index (χ4v) is 2.13. The van der Waals surface area contributed by atoms with Crippen LogP contribution in [0.2, 0.25) is 0 Å². The van der Waals surface area contributed by atoms with Gasteiger partial charge in [-0.05, 0) is 13.8 Å². The molecule has 0 saturated heterocycles. The fourth-order valence-electron chi connectivity index (χ4n) is 0.777. The maximum Gasteiger partial charge on any atom is 0.0631 e. The van der Waals surface area contributed by atoms with Crippen LogP contribution in [0.15, 0.2) is 0 Å². The Morgan fingerprint density at radius 1 is 0.933 bits per heavy atom. The lowest BCUT2D eigenvalue weighted by Crippen LogP contribution is -2.08. The van der Waals surface area contributed by atoms with Crippen molar-refractivity contribution in [1.29, 1.82) is 0 Å². The van der Waals surface area contributed by atoms with Gasteiger partial charge in [0.15, 0.2) is 0 Å². The van der Waals surface area contributed by atoms with E-state index in [9.17, 15) is 0 Å². The normalized spacial score (nSPS) is 15.2. The minimum atomic E-state index is -0.482. The Morgan fingerprint density at radius 3 is 1.67 bits per heavy atom. The molecule has 3 nitrogen and oxygen atoms in total. The van der Waals surface area contributed by atoms with E-state index < -0.39 is 12.2 Å². The van der Waals surface area contributed by atoms with Gasteiger partial charge in [0.1, 0.15) is 0 Å². The largest absolute Gasteiger partial charge is 0.392 e. The number of aliphatic hydroxyl groups excluding tert-OH is 2. The fraction of sp³-hybridized carbons (Fsp3) is 0.800. The topological polar surface area (TPSA) is 49.7 Å². The second-order valence-corrected chi connectivity index (χ2v) is 5.37. The Morgan fingerprint density at radius 2 is 1.33 bits per heavy atom. The molecule has 0 aliphatic carbocycles. The van der Waals surface area contributed by atoms with Crippen LogP contribution < -0.4 is 0 Å². The highest BCUT2D eigenvalue weighted by Gasteiger charge is 1.97. The summed E-state index contributed by atoms with van der Waals surface area (Å²) < 4.78 is 5.35. The van der Waals surface area contributed by atoms with E-state index >= 15 is 0 Å². The molecule has 0 heterocycles. The van der Waals surface area contributed by atoms with Gasteiger partial charge in [0, 0.05) is 23.0 Å². The molecule has 15 heavy (non-hydrogen) atoms. The Labute approximate surface area is 101 Å². The molecule has 0 aromatic carbocycles. The smallest absolute Gasteiger partial charge is 0.0631 e. The molecule has 0 amide bonds.